The van der Waals surface area contributed by atoms with Gasteiger partial charge in [-0.3, -0.25) is 5.43 Å². The summed E-state index contributed by atoms with van der Waals surface area (Å²) in [5, 5.41) is 3.45. The van der Waals surface area contributed by atoms with Crippen LogP contribution in [0.25, 0.3) is 0 Å². The largest absolute Gasteiger partial charge is 0.366 e. The molecule has 1 aliphatic rings. The van der Waals surface area contributed by atoms with Gasteiger partial charge in [-0.2, -0.15) is 4.98 Å². The molecule has 18 heavy (non-hydrogen) atoms. The third-order valence-corrected chi connectivity index (χ3v) is 4.00. The van der Waals surface area contributed by atoms with Crippen LogP contribution in [0.15, 0.2) is 10.7 Å². The zero-order chi connectivity index (χ0) is 13.1. The molecule has 1 aliphatic heterocycles. The third kappa shape index (κ3) is 3.09. The highest BCUT2D eigenvalue weighted by Crippen LogP contribution is 2.24. The van der Waals surface area contributed by atoms with Crippen molar-refractivity contribution in [3.8, 4) is 0 Å². The Labute approximate surface area is 115 Å². The topological polar surface area (TPSA) is 79.1 Å². The number of rotatable bonds is 3. The number of aromatic nitrogens is 2. The molecule has 4 N–H and O–H groups in total. The van der Waals surface area contributed by atoms with Gasteiger partial charge in [-0.15, -0.1) is 0 Å². The van der Waals surface area contributed by atoms with Crippen LogP contribution in [0.4, 0.5) is 11.8 Å². The fourth-order valence-electron chi connectivity index (χ4n) is 2.15. The number of nitrogens with zero attached hydrogens (tertiary/aromatic N) is 3. The van der Waals surface area contributed by atoms with E-state index >= 15 is 0 Å². The number of nitrogens with two attached hydrogens (primary N) is 1. The smallest absolute Gasteiger partial charge is 0.239 e. The van der Waals surface area contributed by atoms with E-state index in [0.29, 0.717) is 18.0 Å². The Hall–Kier alpha value is -0.920. The molecule has 1 fully saturated rings. The Bertz CT molecular complexity index is 413. The van der Waals surface area contributed by atoms with Gasteiger partial charge in [0.25, 0.3) is 0 Å². The molecule has 0 amide bonds. The summed E-state index contributed by atoms with van der Waals surface area (Å²) in [7, 11) is 2.16. The van der Waals surface area contributed by atoms with Crippen molar-refractivity contribution >= 4 is 27.7 Å². The van der Waals surface area contributed by atoms with Crippen LogP contribution in [-0.2, 0) is 0 Å². The number of halogens is 1. The van der Waals surface area contributed by atoms with Gasteiger partial charge >= 0.3 is 0 Å². The zero-order valence-corrected chi connectivity index (χ0v) is 12.2. The van der Waals surface area contributed by atoms with Gasteiger partial charge in [0.05, 0.1) is 4.47 Å². The normalized spacial score (nSPS) is 24.9. The molecule has 0 spiro atoms. The van der Waals surface area contributed by atoms with E-state index in [1.807, 2.05) is 0 Å². The first-order chi connectivity index (χ1) is 8.60. The summed E-state index contributed by atoms with van der Waals surface area (Å²) in [4.78, 5) is 10.7. The van der Waals surface area contributed by atoms with Gasteiger partial charge in [-0.25, -0.2) is 10.8 Å². The Morgan fingerprint density at radius 3 is 3.00 bits per heavy atom. The van der Waals surface area contributed by atoms with Crippen molar-refractivity contribution < 1.29 is 0 Å². The molecule has 1 saturated heterocycles. The number of hydrazine groups is 1. The standard InChI is InChI=1S/C11H19BrN6/c1-7-5-8(3-4-18(7)2)15-10-9(12)6-14-11(16-10)17-13/h6-8H,3-5,13H2,1-2H3,(H2,14,15,16,17). The molecule has 2 heterocycles. The highest BCUT2D eigenvalue weighted by Gasteiger charge is 2.23. The molecule has 0 aliphatic carbocycles. The van der Waals surface area contributed by atoms with Gasteiger partial charge < -0.3 is 10.2 Å². The highest BCUT2D eigenvalue weighted by atomic mass is 79.9. The summed E-state index contributed by atoms with van der Waals surface area (Å²) < 4.78 is 0.855. The number of anilines is 2. The summed E-state index contributed by atoms with van der Waals surface area (Å²) in [6.45, 7) is 3.35. The van der Waals surface area contributed by atoms with Crippen LogP contribution in [0.5, 0.6) is 0 Å². The van der Waals surface area contributed by atoms with Crippen LogP contribution in [0.1, 0.15) is 19.8 Å². The molecule has 0 saturated carbocycles. The first-order valence-corrected chi connectivity index (χ1v) is 6.85. The Balaban J connectivity index is 2.05. The summed E-state index contributed by atoms with van der Waals surface area (Å²) >= 11 is 3.45. The van der Waals surface area contributed by atoms with Crippen LogP contribution < -0.4 is 16.6 Å². The lowest BCUT2D eigenvalue weighted by Gasteiger charge is -2.35. The maximum absolute atomic E-state index is 5.32. The first kappa shape index (κ1) is 13.5. The number of nitrogen functional groups attached to an aromatic ring is 1. The second kappa shape index (κ2) is 5.81. The van der Waals surface area contributed by atoms with Gasteiger partial charge in [0.2, 0.25) is 5.95 Å². The number of likely N-dealkylation sites (tertiary alicyclic amines) is 1. The molecule has 100 valence electrons. The van der Waals surface area contributed by atoms with Gasteiger partial charge in [0, 0.05) is 24.8 Å². The van der Waals surface area contributed by atoms with Crippen molar-refractivity contribution in [1.29, 1.82) is 0 Å². The van der Waals surface area contributed by atoms with Gasteiger partial charge in [-0.1, -0.05) is 0 Å². The Morgan fingerprint density at radius 1 is 1.56 bits per heavy atom. The van der Waals surface area contributed by atoms with Crippen molar-refractivity contribution in [2.24, 2.45) is 5.84 Å². The van der Waals surface area contributed by atoms with Crippen LogP contribution >= 0.6 is 15.9 Å². The zero-order valence-electron chi connectivity index (χ0n) is 10.7. The molecular weight excluding hydrogens is 296 g/mol. The molecule has 0 radical (unpaired) electrons. The van der Waals surface area contributed by atoms with Crippen LogP contribution in [0, 0.1) is 0 Å². The molecule has 2 rings (SSSR count). The molecule has 1 aromatic rings. The van der Waals surface area contributed by atoms with Crippen LogP contribution in [0.2, 0.25) is 0 Å². The van der Waals surface area contributed by atoms with Gasteiger partial charge in [0.15, 0.2) is 0 Å². The molecule has 1 aromatic heterocycles. The Morgan fingerprint density at radius 2 is 2.33 bits per heavy atom. The van der Waals surface area contributed by atoms with E-state index in [4.69, 9.17) is 5.84 Å². The van der Waals surface area contributed by atoms with Crippen molar-refractivity contribution in [1.82, 2.24) is 14.9 Å². The lowest BCUT2D eigenvalue weighted by Crippen LogP contribution is -2.42. The van der Waals surface area contributed by atoms with Crippen molar-refractivity contribution in [3.63, 3.8) is 0 Å². The summed E-state index contributed by atoms with van der Waals surface area (Å²) in [6.07, 6.45) is 3.92. The molecule has 0 bridgehead atoms. The number of hydrogen-bond donors (Lipinski definition) is 3. The quantitative estimate of drug-likeness (QED) is 0.578. The fraction of sp³-hybridized carbons (Fsp3) is 0.636. The summed E-state index contributed by atoms with van der Waals surface area (Å²) in [5.41, 5.74) is 2.46. The number of piperidine rings is 1. The van der Waals surface area contributed by atoms with E-state index in [1.165, 1.54) is 0 Å². The average Bonchev–Trinajstić information content (AvgIpc) is 2.36. The van der Waals surface area contributed by atoms with Crippen molar-refractivity contribution in [2.75, 3.05) is 24.3 Å². The molecular formula is C11H19BrN6. The monoisotopic (exact) mass is 314 g/mol. The summed E-state index contributed by atoms with van der Waals surface area (Å²) in [6, 6.07) is 1.02. The Kier molecular flexibility index (Phi) is 4.36. The number of nitrogens with one attached hydrogen (secondary N) is 2. The molecule has 0 aromatic carbocycles. The second-order valence-electron chi connectivity index (χ2n) is 4.73. The molecule has 6 nitrogen and oxygen atoms in total. The first-order valence-electron chi connectivity index (χ1n) is 6.06. The maximum Gasteiger partial charge on any atom is 0.239 e. The predicted octanol–water partition coefficient (Wildman–Crippen LogP) is 1.42. The SMILES string of the molecule is CC1CC(Nc2nc(NN)ncc2Br)CCN1C. The maximum atomic E-state index is 5.32. The van der Waals surface area contributed by atoms with Crippen molar-refractivity contribution in [3.05, 3.63) is 10.7 Å². The minimum atomic E-state index is 0.418. The van der Waals surface area contributed by atoms with E-state index < -0.39 is 0 Å². The average molecular weight is 315 g/mol. The fourth-order valence-corrected chi connectivity index (χ4v) is 2.46. The van der Waals surface area contributed by atoms with Crippen LogP contribution in [0.3, 0.4) is 0 Å². The lowest BCUT2D eigenvalue weighted by molar-refractivity contribution is 0.190. The van der Waals surface area contributed by atoms with Gasteiger partial charge in [-0.05, 0) is 42.7 Å². The van der Waals surface area contributed by atoms with E-state index in [9.17, 15) is 0 Å². The van der Waals surface area contributed by atoms with Crippen molar-refractivity contribution in [2.45, 2.75) is 31.8 Å². The van der Waals surface area contributed by atoms with E-state index in [1.54, 1.807) is 6.20 Å². The van der Waals surface area contributed by atoms with E-state index in [0.717, 1.165) is 29.7 Å². The van der Waals surface area contributed by atoms with Gasteiger partial charge in [0.1, 0.15) is 5.82 Å². The molecule has 7 heteroatoms. The van der Waals surface area contributed by atoms with Crippen LogP contribution in [-0.4, -0.2) is 40.5 Å². The lowest BCUT2D eigenvalue weighted by atomic mass is 9.99. The molecule has 2 atom stereocenters. The molecule has 2 unspecified atom stereocenters. The third-order valence-electron chi connectivity index (χ3n) is 3.42. The summed E-state index contributed by atoms with van der Waals surface area (Å²) in [5.74, 6) is 6.53. The minimum absolute atomic E-state index is 0.418. The van der Waals surface area contributed by atoms with E-state index in [2.05, 4.69) is 55.5 Å². The minimum Gasteiger partial charge on any atom is -0.366 e. The highest BCUT2D eigenvalue weighted by molar-refractivity contribution is 9.10. The predicted molar refractivity (Wildman–Crippen MR) is 76.3 cm³/mol. The number of hydrogen-bond acceptors (Lipinski definition) is 6. The second-order valence-corrected chi connectivity index (χ2v) is 5.58. The van der Waals surface area contributed by atoms with E-state index in [-0.39, 0.29) is 0 Å².